The number of nitrogens with zero attached hydrogens (tertiary/aromatic N) is 2. The number of imidazole rings is 1. The Labute approximate surface area is 142 Å². The molecule has 24 heavy (non-hydrogen) atoms. The highest BCUT2D eigenvalue weighted by Crippen LogP contribution is 2.24. The number of carbonyl (C=O) groups excluding carboxylic acids is 1. The van der Waals surface area contributed by atoms with E-state index in [4.69, 9.17) is 0 Å². The van der Waals surface area contributed by atoms with Crippen molar-refractivity contribution in [3.05, 3.63) is 65.1 Å². The van der Waals surface area contributed by atoms with Gasteiger partial charge in [-0.15, -0.1) is 0 Å². The molecule has 0 fully saturated rings. The van der Waals surface area contributed by atoms with Crippen molar-refractivity contribution in [3.8, 4) is 0 Å². The number of fused-ring (bicyclic) bond motifs is 1. The lowest BCUT2D eigenvalue weighted by Gasteiger charge is -2.13. The molecule has 0 aliphatic rings. The molecule has 4 heteroatoms. The maximum atomic E-state index is 12.7. The molecule has 124 valence electrons. The quantitative estimate of drug-likeness (QED) is 0.764. The number of aromatic nitrogens is 2. The van der Waals surface area contributed by atoms with Gasteiger partial charge in [-0.3, -0.25) is 4.79 Å². The van der Waals surface area contributed by atoms with E-state index in [1.165, 1.54) is 0 Å². The van der Waals surface area contributed by atoms with Crippen LogP contribution in [0, 0.1) is 6.92 Å². The fraction of sp³-hybridized carbons (Fsp3) is 0.300. The zero-order chi connectivity index (χ0) is 17.3. The van der Waals surface area contributed by atoms with E-state index >= 15 is 0 Å². The van der Waals surface area contributed by atoms with Crippen molar-refractivity contribution in [3.63, 3.8) is 0 Å². The van der Waals surface area contributed by atoms with Crippen LogP contribution in [0.2, 0.25) is 0 Å². The lowest BCUT2D eigenvalue weighted by molar-refractivity contribution is 0.102. The first-order chi connectivity index (χ1) is 11.5. The molecule has 0 radical (unpaired) electrons. The summed E-state index contributed by atoms with van der Waals surface area (Å²) >= 11 is 0. The summed E-state index contributed by atoms with van der Waals surface area (Å²) in [5.74, 6) is 0.253. The largest absolute Gasteiger partial charge is 0.322 e. The number of para-hydroxylation sites is 1. The van der Waals surface area contributed by atoms with Gasteiger partial charge in [0.05, 0.1) is 11.3 Å². The van der Waals surface area contributed by atoms with E-state index in [9.17, 15) is 4.79 Å². The molecule has 0 aliphatic carbocycles. The van der Waals surface area contributed by atoms with Crippen molar-refractivity contribution >= 4 is 17.2 Å². The number of pyridine rings is 1. The van der Waals surface area contributed by atoms with Crippen LogP contribution in [-0.4, -0.2) is 15.3 Å². The summed E-state index contributed by atoms with van der Waals surface area (Å²) in [5, 5.41) is 3.04. The van der Waals surface area contributed by atoms with Crippen LogP contribution in [0.1, 0.15) is 54.0 Å². The van der Waals surface area contributed by atoms with Crippen LogP contribution in [0.25, 0.3) is 5.65 Å². The summed E-state index contributed by atoms with van der Waals surface area (Å²) in [6, 6.07) is 11.7. The van der Waals surface area contributed by atoms with Crippen LogP contribution in [0.3, 0.4) is 0 Å². The molecule has 1 amide bonds. The average molecular weight is 321 g/mol. The zero-order valence-corrected chi connectivity index (χ0v) is 14.6. The van der Waals surface area contributed by atoms with E-state index in [0.717, 1.165) is 34.7 Å². The monoisotopic (exact) mass is 321 g/mol. The van der Waals surface area contributed by atoms with Gasteiger partial charge in [-0.05, 0) is 43.0 Å². The highest BCUT2D eigenvalue weighted by Gasteiger charge is 2.13. The fourth-order valence-corrected chi connectivity index (χ4v) is 2.99. The molecule has 2 heterocycles. The molecule has 0 bridgehead atoms. The second-order valence-electron chi connectivity index (χ2n) is 6.34. The average Bonchev–Trinajstić information content (AvgIpc) is 2.90. The lowest BCUT2D eigenvalue weighted by atomic mass is 10.0. The predicted octanol–water partition coefficient (Wildman–Crippen LogP) is 4.58. The van der Waals surface area contributed by atoms with Crippen LogP contribution in [-0.2, 0) is 6.42 Å². The number of anilines is 1. The Bertz CT molecular complexity index is 893. The number of nitrogens with one attached hydrogen (secondary N) is 1. The van der Waals surface area contributed by atoms with Gasteiger partial charge in [0.2, 0.25) is 0 Å². The SMILES string of the molecule is CCc1nc2ccc(C(=O)Nc3ccccc3C(C)C)cn2c1C. The van der Waals surface area contributed by atoms with Crippen molar-refractivity contribution in [1.29, 1.82) is 0 Å². The Balaban J connectivity index is 1.93. The van der Waals surface area contributed by atoms with Gasteiger partial charge in [-0.2, -0.15) is 0 Å². The van der Waals surface area contributed by atoms with E-state index in [1.807, 2.05) is 47.9 Å². The number of rotatable bonds is 4. The number of amides is 1. The molecular formula is C20H23N3O. The smallest absolute Gasteiger partial charge is 0.257 e. The maximum Gasteiger partial charge on any atom is 0.257 e. The minimum atomic E-state index is -0.101. The third kappa shape index (κ3) is 2.92. The molecule has 2 aromatic heterocycles. The number of aryl methyl sites for hydroxylation is 2. The van der Waals surface area contributed by atoms with Crippen molar-refractivity contribution < 1.29 is 4.79 Å². The topological polar surface area (TPSA) is 46.4 Å². The summed E-state index contributed by atoms with van der Waals surface area (Å²) < 4.78 is 1.99. The molecule has 1 N–H and O–H groups in total. The molecule has 0 spiro atoms. The summed E-state index contributed by atoms with van der Waals surface area (Å²) in [5.41, 5.74) is 5.67. The first-order valence-corrected chi connectivity index (χ1v) is 8.39. The highest BCUT2D eigenvalue weighted by atomic mass is 16.1. The number of carbonyl (C=O) groups is 1. The van der Waals surface area contributed by atoms with Gasteiger partial charge in [-0.1, -0.05) is 39.0 Å². The number of hydrogen-bond acceptors (Lipinski definition) is 2. The maximum absolute atomic E-state index is 12.7. The van der Waals surface area contributed by atoms with Crippen LogP contribution in [0.5, 0.6) is 0 Å². The standard InChI is InChI=1S/C20H23N3O/c1-5-17-14(4)23-12-15(10-11-19(23)21-17)20(24)22-18-9-7-6-8-16(18)13(2)3/h6-13H,5H2,1-4H3,(H,22,24). The molecule has 4 nitrogen and oxygen atoms in total. The van der Waals surface area contributed by atoms with Gasteiger partial charge in [-0.25, -0.2) is 4.98 Å². The normalized spacial score (nSPS) is 11.2. The first-order valence-electron chi connectivity index (χ1n) is 8.39. The zero-order valence-electron chi connectivity index (χ0n) is 14.6. The van der Waals surface area contributed by atoms with Crippen LogP contribution >= 0.6 is 0 Å². The van der Waals surface area contributed by atoms with E-state index in [-0.39, 0.29) is 5.91 Å². The van der Waals surface area contributed by atoms with Crippen LogP contribution in [0.15, 0.2) is 42.6 Å². The van der Waals surface area contributed by atoms with Gasteiger partial charge < -0.3 is 9.72 Å². The predicted molar refractivity (Wildman–Crippen MR) is 97.8 cm³/mol. The lowest BCUT2D eigenvalue weighted by Crippen LogP contribution is -2.14. The van der Waals surface area contributed by atoms with E-state index in [0.29, 0.717) is 11.5 Å². The van der Waals surface area contributed by atoms with Crippen molar-refractivity contribution in [2.45, 2.75) is 40.0 Å². The Morgan fingerprint density at radius 2 is 1.96 bits per heavy atom. The Morgan fingerprint density at radius 3 is 2.67 bits per heavy atom. The van der Waals surface area contributed by atoms with E-state index in [1.54, 1.807) is 0 Å². The Hall–Kier alpha value is -2.62. The second-order valence-corrected chi connectivity index (χ2v) is 6.34. The minimum Gasteiger partial charge on any atom is -0.322 e. The molecular weight excluding hydrogens is 298 g/mol. The number of benzene rings is 1. The molecule has 0 atom stereocenters. The molecule has 0 saturated heterocycles. The van der Waals surface area contributed by atoms with Crippen LogP contribution < -0.4 is 5.32 Å². The summed E-state index contributed by atoms with van der Waals surface area (Å²) in [4.78, 5) is 17.3. The minimum absolute atomic E-state index is 0.101. The summed E-state index contributed by atoms with van der Waals surface area (Å²) in [6.45, 7) is 8.37. The third-order valence-corrected chi connectivity index (χ3v) is 4.38. The van der Waals surface area contributed by atoms with Crippen molar-refractivity contribution in [1.82, 2.24) is 9.38 Å². The third-order valence-electron chi connectivity index (χ3n) is 4.38. The first kappa shape index (κ1) is 16.2. The molecule has 3 aromatic rings. The molecule has 3 rings (SSSR count). The van der Waals surface area contributed by atoms with Gasteiger partial charge in [0.25, 0.3) is 5.91 Å². The number of hydrogen-bond donors (Lipinski definition) is 1. The van der Waals surface area contributed by atoms with E-state index in [2.05, 4.69) is 37.1 Å². The van der Waals surface area contributed by atoms with E-state index < -0.39 is 0 Å². The summed E-state index contributed by atoms with van der Waals surface area (Å²) in [7, 11) is 0. The highest BCUT2D eigenvalue weighted by molar-refractivity contribution is 6.04. The Kier molecular flexibility index (Phi) is 4.38. The fourth-order valence-electron chi connectivity index (χ4n) is 2.99. The van der Waals surface area contributed by atoms with Gasteiger partial charge >= 0.3 is 0 Å². The molecule has 0 unspecified atom stereocenters. The van der Waals surface area contributed by atoms with Gasteiger partial charge in [0.15, 0.2) is 0 Å². The molecule has 0 aliphatic heterocycles. The van der Waals surface area contributed by atoms with Gasteiger partial charge in [0, 0.05) is 17.6 Å². The second kappa shape index (κ2) is 6.48. The van der Waals surface area contributed by atoms with Crippen LogP contribution in [0.4, 0.5) is 5.69 Å². The van der Waals surface area contributed by atoms with Crippen molar-refractivity contribution in [2.24, 2.45) is 0 Å². The van der Waals surface area contributed by atoms with Gasteiger partial charge in [0.1, 0.15) is 5.65 Å². The molecule has 1 aromatic carbocycles. The molecule has 0 saturated carbocycles. The summed E-state index contributed by atoms with van der Waals surface area (Å²) in [6.07, 6.45) is 2.75. The Morgan fingerprint density at radius 1 is 1.21 bits per heavy atom. The van der Waals surface area contributed by atoms with Crippen molar-refractivity contribution in [2.75, 3.05) is 5.32 Å².